The number of rotatable bonds is 6. The number of methoxy groups -OCH3 is 1. The molecule has 0 atom stereocenters. The molecule has 0 heterocycles. The van der Waals surface area contributed by atoms with Gasteiger partial charge in [-0.15, -0.1) is 0 Å². The standard InChI is InChI=1S/C16H20N2O/c1-17-15-7-3-5-13(9-15)11-18-12-14-6-4-8-16(10-14)19-2/h3-10,17-18H,11-12H2,1-2H3. The molecule has 19 heavy (non-hydrogen) atoms. The maximum Gasteiger partial charge on any atom is 0.119 e. The van der Waals surface area contributed by atoms with E-state index < -0.39 is 0 Å². The number of hydrogen-bond acceptors (Lipinski definition) is 3. The number of ether oxygens (including phenoxy) is 1. The van der Waals surface area contributed by atoms with Gasteiger partial charge < -0.3 is 15.4 Å². The highest BCUT2D eigenvalue weighted by atomic mass is 16.5. The zero-order chi connectivity index (χ0) is 13.5. The molecule has 0 amide bonds. The molecule has 100 valence electrons. The highest BCUT2D eigenvalue weighted by Crippen LogP contribution is 2.13. The summed E-state index contributed by atoms with van der Waals surface area (Å²) in [7, 11) is 3.62. The summed E-state index contributed by atoms with van der Waals surface area (Å²) < 4.78 is 5.21. The monoisotopic (exact) mass is 256 g/mol. The van der Waals surface area contributed by atoms with Crippen LogP contribution in [0.2, 0.25) is 0 Å². The molecule has 3 nitrogen and oxygen atoms in total. The van der Waals surface area contributed by atoms with Gasteiger partial charge in [-0.05, 0) is 35.4 Å². The van der Waals surface area contributed by atoms with Crippen molar-refractivity contribution in [3.05, 3.63) is 59.7 Å². The van der Waals surface area contributed by atoms with Crippen LogP contribution in [0.25, 0.3) is 0 Å². The third-order valence-electron chi connectivity index (χ3n) is 3.01. The minimum atomic E-state index is 0.834. The molecule has 0 bridgehead atoms. The number of anilines is 1. The van der Waals surface area contributed by atoms with Crippen LogP contribution in [0, 0.1) is 0 Å². The summed E-state index contributed by atoms with van der Waals surface area (Å²) in [6.07, 6.45) is 0. The van der Waals surface area contributed by atoms with Gasteiger partial charge in [0.25, 0.3) is 0 Å². The van der Waals surface area contributed by atoms with Gasteiger partial charge in [-0.3, -0.25) is 0 Å². The molecule has 3 heteroatoms. The minimum Gasteiger partial charge on any atom is -0.497 e. The molecular weight excluding hydrogens is 236 g/mol. The van der Waals surface area contributed by atoms with Crippen LogP contribution in [0.5, 0.6) is 5.75 Å². The lowest BCUT2D eigenvalue weighted by molar-refractivity contribution is 0.414. The zero-order valence-corrected chi connectivity index (χ0v) is 11.4. The molecule has 0 aliphatic heterocycles. The van der Waals surface area contributed by atoms with E-state index in [1.807, 2.05) is 19.2 Å². The Hall–Kier alpha value is -2.00. The van der Waals surface area contributed by atoms with Crippen molar-refractivity contribution in [3.63, 3.8) is 0 Å². The summed E-state index contributed by atoms with van der Waals surface area (Å²) >= 11 is 0. The van der Waals surface area contributed by atoms with Crippen molar-refractivity contribution in [1.29, 1.82) is 0 Å². The van der Waals surface area contributed by atoms with Gasteiger partial charge in [0.15, 0.2) is 0 Å². The first-order valence-electron chi connectivity index (χ1n) is 6.42. The Morgan fingerprint density at radius 1 is 0.947 bits per heavy atom. The largest absolute Gasteiger partial charge is 0.497 e. The number of nitrogens with one attached hydrogen (secondary N) is 2. The Morgan fingerprint density at radius 3 is 2.32 bits per heavy atom. The molecule has 0 saturated heterocycles. The second-order valence-electron chi connectivity index (χ2n) is 4.41. The quantitative estimate of drug-likeness (QED) is 0.833. The van der Waals surface area contributed by atoms with Gasteiger partial charge in [-0.1, -0.05) is 24.3 Å². The molecule has 0 radical (unpaired) electrons. The topological polar surface area (TPSA) is 33.3 Å². The fourth-order valence-electron chi connectivity index (χ4n) is 1.97. The van der Waals surface area contributed by atoms with Crippen LogP contribution in [-0.4, -0.2) is 14.2 Å². The summed E-state index contributed by atoms with van der Waals surface area (Å²) in [6, 6.07) is 16.5. The third-order valence-corrected chi connectivity index (χ3v) is 3.01. The van der Waals surface area contributed by atoms with Crippen molar-refractivity contribution in [2.45, 2.75) is 13.1 Å². The van der Waals surface area contributed by atoms with Crippen molar-refractivity contribution in [1.82, 2.24) is 5.32 Å². The lowest BCUT2D eigenvalue weighted by Crippen LogP contribution is -2.12. The highest BCUT2D eigenvalue weighted by Gasteiger charge is 1.97. The van der Waals surface area contributed by atoms with Gasteiger partial charge in [0.1, 0.15) is 5.75 Å². The summed E-state index contributed by atoms with van der Waals surface area (Å²) in [6.45, 7) is 1.69. The summed E-state index contributed by atoms with van der Waals surface area (Å²) in [4.78, 5) is 0. The second kappa shape index (κ2) is 6.81. The Morgan fingerprint density at radius 2 is 1.63 bits per heavy atom. The lowest BCUT2D eigenvalue weighted by Gasteiger charge is -2.08. The van der Waals surface area contributed by atoms with E-state index in [-0.39, 0.29) is 0 Å². The maximum atomic E-state index is 5.21. The lowest BCUT2D eigenvalue weighted by atomic mass is 10.2. The Bertz CT molecular complexity index is 478. The van der Waals surface area contributed by atoms with E-state index in [2.05, 4.69) is 47.0 Å². The molecule has 0 aromatic heterocycles. The highest BCUT2D eigenvalue weighted by molar-refractivity contribution is 5.44. The molecule has 2 aromatic carbocycles. The third kappa shape index (κ3) is 4.00. The van der Waals surface area contributed by atoms with E-state index >= 15 is 0 Å². The average molecular weight is 256 g/mol. The molecule has 0 unspecified atom stereocenters. The van der Waals surface area contributed by atoms with Crippen molar-refractivity contribution >= 4 is 5.69 Å². The van der Waals surface area contributed by atoms with Gasteiger partial charge in [-0.25, -0.2) is 0 Å². The summed E-state index contributed by atoms with van der Waals surface area (Å²) in [5.41, 5.74) is 3.64. The van der Waals surface area contributed by atoms with E-state index in [0.29, 0.717) is 0 Å². The van der Waals surface area contributed by atoms with Crippen LogP contribution >= 0.6 is 0 Å². The molecule has 2 aromatic rings. The van der Waals surface area contributed by atoms with Crippen LogP contribution < -0.4 is 15.4 Å². The van der Waals surface area contributed by atoms with Crippen LogP contribution in [0.4, 0.5) is 5.69 Å². The van der Waals surface area contributed by atoms with E-state index in [1.54, 1.807) is 7.11 Å². The Kier molecular flexibility index (Phi) is 4.81. The predicted octanol–water partition coefficient (Wildman–Crippen LogP) is 3.03. The van der Waals surface area contributed by atoms with E-state index in [0.717, 1.165) is 24.5 Å². The van der Waals surface area contributed by atoms with Crippen LogP contribution in [0.15, 0.2) is 48.5 Å². The van der Waals surface area contributed by atoms with Crippen LogP contribution in [0.3, 0.4) is 0 Å². The fraction of sp³-hybridized carbons (Fsp3) is 0.250. The van der Waals surface area contributed by atoms with Gasteiger partial charge >= 0.3 is 0 Å². The van der Waals surface area contributed by atoms with E-state index in [1.165, 1.54) is 11.1 Å². The number of hydrogen-bond donors (Lipinski definition) is 2. The van der Waals surface area contributed by atoms with Crippen LogP contribution in [-0.2, 0) is 13.1 Å². The molecule has 0 fully saturated rings. The summed E-state index contributed by atoms with van der Waals surface area (Å²) in [5.74, 6) is 0.900. The first-order chi connectivity index (χ1) is 9.31. The molecule has 0 spiro atoms. The Labute approximate surface area is 114 Å². The first-order valence-corrected chi connectivity index (χ1v) is 6.42. The van der Waals surface area contributed by atoms with Gasteiger partial charge in [0.05, 0.1) is 7.11 Å². The molecule has 2 N–H and O–H groups in total. The first kappa shape index (κ1) is 13.4. The van der Waals surface area contributed by atoms with Crippen LogP contribution in [0.1, 0.15) is 11.1 Å². The van der Waals surface area contributed by atoms with Gasteiger partial charge in [0, 0.05) is 25.8 Å². The minimum absolute atomic E-state index is 0.834. The maximum absolute atomic E-state index is 5.21. The summed E-state index contributed by atoms with van der Waals surface area (Å²) in [5, 5.41) is 6.58. The van der Waals surface area contributed by atoms with Crippen molar-refractivity contribution in [3.8, 4) is 5.75 Å². The van der Waals surface area contributed by atoms with Crippen molar-refractivity contribution in [2.24, 2.45) is 0 Å². The van der Waals surface area contributed by atoms with Gasteiger partial charge in [-0.2, -0.15) is 0 Å². The SMILES string of the molecule is CNc1cccc(CNCc2cccc(OC)c2)c1. The van der Waals surface area contributed by atoms with Gasteiger partial charge in [0.2, 0.25) is 0 Å². The second-order valence-corrected chi connectivity index (χ2v) is 4.41. The van der Waals surface area contributed by atoms with Crippen molar-refractivity contribution < 1.29 is 4.74 Å². The average Bonchev–Trinajstić information content (AvgIpc) is 2.48. The predicted molar refractivity (Wildman–Crippen MR) is 79.5 cm³/mol. The van der Waals surface area contributed by atoms with E-state index in [9.17, 15) is 0 Å². The molecule has 0 aliphatic carbocycles. The van der Waals surface area contributed by atoms with Crippen molar-refractivity contribution in [2.75, 3.05) is 19.5 Å². The molecule has 0 aliphatic rings. The number of benzene rings is 2. The normalized spacial score (nSPS) is 10.2. The molecular formula is C16H20N2O. The Balaban J connectivity index is 1.88. The van der Waals surface area contributed by atoms with E-state index in [4.69, 9.17) is 4.74 Å². The smallest absolute Gasteiger partial charge is 0.119 e. The molecule has 0 saturated carbocycles. The fourth-order valence-corrected chi connectivity index (χ4v) is 1.97. The molecule has 2 rings (SSSR count). The zero-order valence-electron chi connectivity index (χ0n) is 11.4.